The lowest BCUT2D eigenvalue weighted by atomic mass is 10.1. The fourth-order valence-electron chi connectivity index (χ4n) is 2.10. The van der Waals surface area contributed by atoms with Crippen LogP contribution in [0.25, 0.3) is 22.2 Å². The summed E-state index contributed by atoms with van der Waals surface area (Å²) in [6, 6.07) is 12.5. The summed E-state index contributed by atoms with van der Waals surface area (Å²) in [6.45, 7) is 0. The SMILES string of the molecule is O=c1cc(-c2ccccc2)[nH]c2c(Cl)cc(Cl)c(Cl)c12. The van der Waals surface area contributed by atoms with E-state index in [1.165, 1.54) is 12.1 Å². The average molecular weight is 325 g/mol. The molecule has 0 aliphatic heterocycles. The molecule has 100 valence electrons. The molecule has 20 heavy (non-hydrogen) atoms. The molecule has 3 rings (SSSR count). The Hall–Kier alpha value is -1.48. The van der Waals surface area contributed by atoms with Crippen molar-refractivity contribution in [2.75, 3.05) is 0 Å². The summed E-state index contributed by atoms with van der Waals surface area (Å²) in [7, 11) is 0. The van der Waals surface area contributed by atoms with E-state index in [2.05, 4.69) is 4.98 Å². The summed E-state index contributed by atoms with van der Waals surface area (Å²) >= 11 is 18.2. The Morgan fingerprint density at radius 3 is 2.30 bits per heavy atom. The molecule has 0 radical (unpaired) electrons. The summed E-state index contributed by atoms with van der Waals surface area (Å²) in [4.78, 5) is 15.4. The number of H-pyrrole nitrogens is 1. The van der Waals surface area contributed by atoms with Gasteiger partial charge in [-0.1, -0.05) is 65.1 Å². The first-order valence-corrected chi connectivity index (χ1v) is 6.97. The normalized spacial score (nSPS) is 10.9. The lowest BCUT2D eigenvalue weighted by Gasteiger charge is -2.08. The van der Waals surface area contributed by atoms with Crippen LogP contribution in [0.1, 0.15) is 0 Å². The second-order valence-corrected chi connectivity index (χ2v) is 5.51. The van der Waals surface area contributed by atoms with E-state index in [1.807, 2.05) is 30.3 Å². The first kappa shape index (κ1) is 13.5. The van der Waals surface area contributed by atoms with E-state index < -0.39 is 0 Å². The zero-order valence-electron chi connectivity index (χ0n) is 10.1. The molecule has 3 aromatic rings. The van der Waals surface area contributed by atoms with Crippen molar-refractivity contribution in [2.24, 2.45) is 0 Å². The largest absolute Gasteiger partial charge is 0.353 e. The first-order valence-electron chi connectivity index (χ1n) is 5.84. The van der Waals surface area contributed by atoms with Gasteiger partial charge in [0, 0.05) is 11.8 Å². The Balaban J connectivity index is 2.39. The minimum atomic E-state index is -0.216. The van der Waals surface area contributed by atoms with E-state index in [0.29, 0.717) is 21.6 Å². The number of hydrogen-bond donors (Lipinski definition) is 1. The summed E-state index contributed by atoms with van der Waals surface area (Å²) in [5.74, 6) is 0. The second kappa shape index (κ2) is 5.13. The fraction of sp³-hybridized carbons (Fsp3) is 0. The maximum atomic E-state index is 12.3. The van der Waals surface area contributed by atoms with Crippen LogP contribution in [0.3, 0.4) is 0 Å². The van der Waals surface area contributed by atoms with Crippen LogP contribution in [-0.4, -0.2) is 4.98 Å². The molecule has 5 heteroatoms. The van der Waals surface area contributed by atoms with E-state index >= 15 is 0 Å². The van der Waals surface area contributed by atoms with Gasteiger partial charge >= 0.3 is 0 Å². The Morgan fingerprint density at radius 1 is 0.900 bits per heavy atom. The van der Waals surface area contributed by atoms with E-state index in [-0.39, 0.29) is 15.5 Å². The molecule has 0 bridgehead atoms. The standard InChI is InChI=1S/C15H8Cl3NO/c16-9-6-10(17)15-13(14(9)18)12(20)7-11(19-15)8-4-2-1-3-5-8/h1-7H,(H,19,20). The summed E-state index contributed by atoms with van der Waals surface area (Å²) < 4.78 is 0. The van der Waals surface area contributed by atoms with E-state index in [0.717, 1.165) is 5.56 Å². The number of rotatable bonds is 1. The molecule has 0 fully saturated rings. The Labute approximate surface area is 129 Å². The second-order valence-electron chi connectivity index (χ2n) is 4.32. The predicted molar refractivity (Wildman–Crippen MR) is 85.0 cm³/mol. The Bertz CT molecular complexity index is 856. The minimum Gasteiger partial charge on any atom is -0.353 e. The van der Waals surface area contributed by atoms with Crippen LogP contribution in [0.5, 0.6) is 0 Å². The average Bonchev–Trinajstić information content (AvgIpc) is 2.45. The molecule has 1 aromatic heterocycles. The van der Waals surface area contributed by atoms with Gasteiger partial charge in [0.2, 0.25) is 0 Å². The Kier molecular flexibility index (Phi) is 3.47. The van der Waals surface area contributed by atoms with Gasteiger partial charge in [-0.05, 0) is 11.6 Å². The van der Waals surface area contributed by atoms with Crippen molar-refractivity contribution in [2.45, 2.75) is 0 Å². The topological polar surface area (TPSA) is 32.9 Å². The monoisotopic (exact) mass is 323 g/mol. The van der Waals surface area contributed by atoms with Gasteiger partial charge in [0.15, 0.2) is 5.43 Å². The number of nitrogens with one attached hydrogen (secondary N) is 1. The summed E-state index contributed by atoms with van der Waals surface area (Å²) in [6.07, 6.45) is 0. The first-order chi connectivity index (χ1) is 9.58. The van der Waals surface area contributed by atoms with Crippen LogP contribution in [0.2, 0.25) is 15.1 Å². The number of benzene rings is 2. The van der Waals surface area contributed by atoms with Crippen molar-refractivity contribution in [1.29, 1.82) is 0 Å². The molecule has 0 amide bonds. The molecule has 0 spiro atoms. The lowest BCUT2D eigenvalue weighted by Crippen LogP contribution is -2.04. The molecule has 2 nitrogen and oxygen atoms in total. The quantitative estimate of drug-likeness (QED) is 0.616. The third kappa shape index (κ3) is 2.20. The molecule has 0 aliphatic rings. The van der Waals surface area contributed by atoms with Gasteiger partial charge in [-0.3, -0.25) is 4.79 Å². The van der Waals surface area contributed by atoms with Crippen molar-refractivity contribution < 1.29 is 0 Å². The number of halogens is 3. The zero-order chi connectivity index (χ0) is 14.3. The lowest BCUT2D eigenvalue weighted by molar-refractivity contribution is 1.38. The highest BCUT2D eigenvalue weighted by molar-refractivity contribution is 6.47. The van der Waals surface area contributed by atoms with Gasteiger partial charge in [0.05, 0.1) is 26.0 Å². The number of fused-ring (bicyclic) bond motifs is 1. The van der Waals surface area contributed by atoms with Gasteiger partial charge in [-0.25, -0.2) is 0 Å². The molecule has 1 heterocycles. The van der Waals surface area contributed by atoms with Crippen molar-refractivity contribution in [1.82, 2.24) is 4.98 Å². The van der Waals surface area contributed by atoms with E-state index in [1.54, 1.807) is 0 Å². The van der Waals surface area contributed by atoms with Crippen LogP contribution in [0.15, 0.2) is 47.3 Å². The third-order valence-corrected chi connectivity index (χ3v) is 4.12. The van der Waals surface area contributed by atoms with Crippen molar-refractivity contribution in [3.05, 3.63) is 67.8 Å². The van der Waals surface area contributed by atoms with Gasteiger partial charge in [-0.2, -0.15) is 0 Å². The molecular weight excluding hydrogens is 317 g/mol. The molecule has 0 atom stereocenters. The van der Waals surface area contributed by atoms with Crippen molar-refractivity contribution in [3.8, 4) is 11.3 Å². The van der Waals surface area contributed by atoms with Crippen molar-refractivity contribution >= 4 is 45.7 Å². The fourth-order valence-corrected chi connectivity index (χ4v) is 2.85. The number of hydrogen-bond acceptors (Lipinski definition) is 1. The summed E-state index contributed by atoms with van der Waals surface area (Å²) in [5.41, 5.74) is 1.86. The third-order valence-electron chi connectivity index (χ3n) is 3.04. The number of aromatic nitrogens is 1. The van der Waals surface area contributed by atoms with Crippen LogP contribution >= 0.6 is 34.8 Å². The van der Waals surface area contributed by atoms with Crippen molar-refractivity contribution in [3.63, 3.8) is 0 Å². The zero-order valence-corrected chi connectivity index (χ0v) is 12.4. The number of pyridine rings is 1. The number of aromatic amines is 1. The summed E-state index contributed by atoms with van der Waals surface area (Å²) in [5, 5.41) is 1.15. The van der Waals surface area contributed by atoms with Gasteiger partial charge in [-0.15, -0.1) is 0 Å². The molecule has 2 aromatic carbocycles. The van der Waals surface area contributed by atoms with E-state index in [4.69, 9.17) is 34.8 Å². The Morgan fingerprint density at radius 2 is 1.60 bits per heavy atom. The van der Waals surface area contributed by atoms with Crippen LogP contribution in [0, 0.1) is 0 Å². The van der Waals surface area contributed by atoms with Gasteiger partial charge in [0.1, 0.15) is 0 Å². The maximum absolute atomic E-state index is 12.3. The van der Waals surface area contributed by atoms with Gasteiger partial charge < -0.3 is 4.98 Å². The molecule has 0 unspecified atom stereocenters. The van der Waals surface area contributed by atoms with Crippen LogP contribution < -0.4 is 5.43 Å². The van der Waals surface area contributed by atoms with E-state index in [9.17, 15) is 4.79 Å². The molecule has 0 aliphatic carbocycles. The van der Waals surface area contributed by atoms with Crippen LogP contribution in [-0.2, 0) is 0 Å². The highest BCUT2D eigenvalue weighted by atomic mass is 35.5. The smallest absolute Gasteiger partial charge is 0.191 e. The molecule has 0 saturated heterocycles. The molecular formula is C15H8Cl3NO. The molecule has 1 N–H and O–H groups in total. The van der Waals surface area contributed by atoms with Crippen LogP contribution in [0.4, 0.5) is 0 Å². The maximum Gasteiger partial charge on any atom is 0.191 e. The highest BCUT2D eigenvalue weighted by Gasteiger charge is 2.13. The van der Waals surface area contributed by atoms with Gasteiger partial charge in [0.25, 0.3) is 0 Å². The predicted octanol–water partition coefficient (Wildman–Crippen LogP) is 5.16. The highest BCUT2D eigenvalue weighted by Crippen LogP contribution is 2.34. The molecule has 0 saturated carbocycles. The minimum absolute atomic E-state index is 0.215.